The molecule has 0 aromatic heterocycles. The molecule has 4 heteroatoms. The van der Waals surface area contributed by atoms with Crippen molar-refractivity contribution < 1.29 is 19.1 Å². The summed E-state index contributed by atoms with van der Waals surface area (Å²) in [6.07, 6.45) is 2.37. The molecule has 2 atom stereocenters. The van der Waals surface area contributed by atoms with E-state index >= 15 is 0 Å². The monoisotopic (exact) mass is 302 g/mol. The van der Waals surface area contributed by atoms with Crippen molar-refractivity contribution >= 4 is 17.5 Å². The van der Waals surface area contributed by atoms with Crippen LogP contribution in [0.4, 0.5) is 0 Å². The van der Waals surface area contributed by atoms with Crippen LogP contribution in [0.3, 0.4) is 0 Å². The van der Waals surface area contributed by atoms with E-state index in [1.807, 2.05) is 44.2 Å². The highest BCUT2D eigenvalue weighted by atomic mass is 16.6. The topological polar surface area (TPSA) is 52.6 Å². The van der Waals surface area contributed by atoms with Crippen molar-refractivity contribution in [2.45, 2.75) is 45.8 Å². The molecule has 1 aliphatic rings. The first-order chi connectivity index (χ1) is 10.3. The summed E-state index contributed by atoms with van der Waals surface area (Å²) in [6.45, 7) is 6.51. The van der Waals surface area contributed by atoms with Crippen molar-refractivity contribution in [2.75, 3.05) is 0 Å². The molecule has 0 heterocycles. The van der Waals surface area contributed by atoms with E-state index in [0.29, 0.717) is 6.42 Å². The maximum Gasteiger partial charge on any atom is 0.303 e. The van der Waals surface area contributed by atoms with E-state index in [1.165, 1.54) is 13.8 Å². The van der Waals surface area contributed by atoms with Crippen molar-refractivity contribution in [1.29, 1.82) is 0 Å². The van der Waals surface area contributed by atoms with Gasteiger partial charge in [0, 0.05) is 20.3 Å². The van der Waals surface area contributed by atoms with E-state index in [-0.39, 0.29) is 24.0 Å². The summed E-state index contributed by atoms with van der Waals surface area (Å²) in [5, 5.41) is 0. The van der Waals surface area contributed by atoms with Crippen LogP contribution < -0.4 is 0 Å². The number of hydrogen-bond acceptors (Lipinski definition) is 4. The van der Waals surface area contributed by atoms with Crippen LogP contribution in [-0.2, 0) is 19.1 Å². The van der Waals surface area contributed by atoms with E-state index in [9.17, 15) is 9.59 Å². The van der Waals surface area contributed by atoms with Crippen LogP contribution in [0.2, 0.25) is 0 Å². The minimum absolute atomic E-state index is 0.192. The summed E-state index contributed by atoms with van der Waals surface area (Å²) in [5.74, 6) is -0.857. The van der Waals surface area contributed by atoms with Gasteiger partial charge in [-0.3, -0.25) is 9.59 Å². The number of rotatable bonds is 4. The molecular formula is C18H22O4. The maximum absolute atomic E-state index is 11.4. The normalized spacial score (nSPS) is 21.2. The summed E-state index contributed by atoms with van der Waals surface area (Å²) in [4.78, 5) is 22.8. The van der Waals surface area contributed by atoms with Crippen LogP contribution >= 0.6 is 0 Å². The molecule has 2 rings (SSSR count). The summed E-state index contributed by atoms with van der Waals surface area (Å²) in [5.41, 5.74) is 1.35. The van der Waals surface area contributed by atoms with Crippen LogP contribution in [0.15, 0.2) is 36.4 Å². The van der Waals surface area contributed by atoms with Gasteiger partial charge < -0.3 is 9.47 Å². The van der Waals surface area contributed by atoms with Crippen molar-refractivity contribution in [1.82, 2.24) is 0 Å². The zero-order valence-electron chi connectivity index (χ0n) is 13.5. The first kappa shape index (κ1) is 16.3. The molecule has 0 amide bonds. The van der Waals surface area contributed by atoms with E-state index in [1.54, 1.807) is 0 Å². The van der Waals surface area contributed by atoms with E-state index in [4.69, 9.17) is 9.47 Å². The lowest BCUT2D eigenvalue weighted by molar-refractivity contribution is -0.164. The van der Waals surface area contributed by atoms with Crippen LogP contribution in [-0.4, -0.2) is 23.6 Å². The average molecular weight is 302 g/mol. The van der Waals surface area contributed by atoms with Gasteiger partial charge in [0.05, 0.1) is 5.92 Å². The Kier molecular flexibility index (Phi) is 4.69. The highest BCUT2D eigenvalue weighted by Gasteiger charge is 2.45. The fourth-order valence-corrected chi connectivity index (χ4v) is 3.22. The molecule has 0 spiro atoms. The zero-order chi connectivity index (χ0) is 16.3. The number of hydrogen-bond donors (Lipinski definition) is 0. The summed E-state index contributed by atoms with van der Waals surface area (Å²) < 4.78 is 11.0. The second-order valence-electron chi connectivity index (χ2n) is 6.08. The molecule has 0 saturated heterocycles. The van der Waals surface area contributed by atoms with Gasteiger partial charge in [0.15, 0.2) is 0 Å². The molecule has 0 saturated carbocycles. The zero-order valence-corrected chi connectivity index (χ0v) is 13.5. The SMILES string of the molecule is CC(=O)O[C@H]1CC=C(c2ccccc2)[C@@H]1C(C)(C)OC(C)=O. The van der Waals surface area contributed by atoms with Crippen molar-refractivity contribution in [3.63, 3.8) is 0 Å². The minimum atomic E-state index is -0.760. The Morgan fingerprint density at radius 2 is 1.73 bits per heavy atom. The van der Waals surface area contributed by atoms with E-state index in [0.717, 1.165) is 11.1 Å². The first-order valence-electron chi connectivity index (χ1n) is 7.43. The largest absolute Gasteiger partial charge is 0.461 e. The molecule has 22 heavy (non-hydrogen) atoms. The Morgan fingerprint density at radius 3 is 2.27 bits per heavy atom. The van der Waals surface area contributed by atoms with Crippen LogP contribution in [0.5, 0.6) is 0 Å². The van der Waals surface area contributed by atoms with Gasteiger partial charge in [-0.1, -0.05) is 36.4 Å². The maximum atomic E-state index is 11.4. The number of carbonyl (C=O) groups is 2. The predicted octanol–water partition coefficient (Wildman–Crippen LogP) is 3.36. The van der Waals surface area contributed by atoms with Crippen molar-refractivity contribution in [2.24, 2.45) is 5.92 Å². The molecule has 0 aliphatic heterocycles. The number of carbonyl (C=O) groups excluding carboxylic acids is 2. The third-order valence-electron chi connectivity index (χ3n) is 3.86. The highest BCUT2D eigenvalue weighted by molar-refractivity contribution is 5.74. The first-order valence-corrected chi connectivity index (χ1v) is 7.43. The molecule has 1 aliphatic carbocycles. The van der Waals surface area contributed by atoms with Gasteiger partial charge in [-0.25, -0.2) is 0 Å². The Morgan fingerprint density at radius 1 is 1.09 bits per heavy atom. The quantitative estimate of drug-likeness (QED) is 0.800. The van der Waals surface area contributed by atoms with Gasteiger partial charge in [0.25, 0.3) is 0 Å². The number of esters is 2. The lowest BCUT2D eigenvalue weighted by Crippen LogP contribution is -2.42. The highest BCUT2D eigenvalue weighted by Crippen LogP contribution is 2.43. The molecule has 0 bridgehead atoms. The molecular weight excluding hydrogens is 280 g/mol. The van der Waals surface area contributed by atoms with Crippen LogP contribution in [0.1, 0.15) is 39.7 Å². The lowest BCUT2D eigenvalue weighted by atomic mass is 9.81. The van der Waals surface area contributed by atoms with Gasteiger partial charge >= 0.3 is 11.9 Å². The Balaban J connectivity index is 2.36. The Bertz CT molecular complexity index is 586. The molecule has 0 N–H and O–H groups in total. The summed E-state index contributed by atoms with van der Waals surface area (Å²) >= 11 is 0. The molecule has 0 unspecified atom stereocenters. The Labute approximate surface area is 131 Å². The van der Waals surface area contributed by atoms with Gasteiger partial charge in [0.1, 0.15) is 11.7 Å². The standard InChI is InChI=1S/C18H22O4/c1-12(19)21-16-11-10-15(14-8-6-5-7-9-14)17(16)18(3,4)22-13(2)20/h5-10,16-17H,11H2,1-4H3/t16-,17-/m0/s1. The van der Waals surface area contributed by atoms with Gasteiger partial charge in [-0.05, 0) is 25.0 Å². The molecule has 0 fully saturated rings. The Hall–Kier alpha value is -2.10. The fraction of sp³-hybridized carbons (Fsp3) is 0.444. The number of ether oxygens (including phenoxy) is 2. The second-order valence-corrected chi connectivity index (χ2v) is 6.08. The average Bonchev–Trinajstić information content (AvgIpc) is 2.82. The summed E-state index contributed by atoms with van der Waals surface area (Å²) in [7, 11) is 0. The second kappa shape index (κ2) is 6.34. The number of benzene rings is 1. The van der Waals surface area contributed by atoms with Crippen molar-refractivity contribution in [3.8, 4) is 0 Å². The predicted molar refractivity (Wildman–Crippen MR) is 83.9 cm³/mol. The molecule has 4 nitrogen and oxygen atoms in total. The molecule has 1 aromatic rings. The van der Waals surface area contributed by atoms with Crippen LogP contribution in [0.25, 0.3) is 5.57 Å². The lowest BCUT2D eigenvalue weighted by Gasteiger charge is -2.36. The van der Waals surface area contributed by atoms with Gasteiger partial charge in [0.2, 0.25) is 0 Å². The van der Waals surface area contributed by atoms with Gasteiger partial charge in [-0.15, -0.1) is 0 Å². The molecule has 118 valence electrons. The smallest absolute Gasteiger partial charge is 0.303 e. The fourth-order valence-electron chi connectivity index (χ4n) is 3.22. The molecule has 0 radical (unpaired) electrons. The van der Waals surface area contributed by atoms with Crippen molar-refractivity contribution in [3.05, 3.63) is 42.0 Å². The van der Waals surface area contributed by atoms with Gasteiger partial charge in [-0.2, -0.15) is 0 Å². The van der Waals surface area contributed by atoms with E-state index < -0.39 is 5.60 Å². The molecule has 1 aromatic carbocycles. The van der Waals surface area contributed by atoms with Crippen LogP contribution in [0, 0.1) is 5.92 Å². The third kappa shape index (κ3) is 3.56. The third-order valence-corrected chi connectivity index (χ3v) is 3.86. The summed E-state index contributed by atoms with van der Waals surface area (Å²) in [6, 6.07) is 9.91. The minimum Gasteiger partial charge on any atom is -0.461 e. The van der Waals surface area contributed by atoms with E-state index in [2.05, 4.69) is 6.08 Å².